The van der Waals surface area contributed by atoms with E-state index in [1.807, 2.05) is 6.92 Å². The van der Waals surface area contributed by atoms with Gasteiger partial charge in [0.25, 0.3) is 10.0 Å². The van der Waals surface area contributed by atoms with E-state index in [0.717, 1.165) is 28.4 Å². The van der Waals surface area contributed by atoms with Crippen molar-refractivity contribution in [2.24, 2.45) is 0 Å². The van der Waals surface area contributed by atoms with Crippen LogP contribution in [0.1, 0.15) is 5.56 Å². The smallest absolute Gasteiger partial charge is 0.358 e. The van der Waals surface area contributed by atoms with Crippen molar-refractivity contribution in [3.05, 3.63) is 56.7 Å². The van der Waals surface area contributed by atoms with E-state index in [0.29, 0.717) is 5.69 Å². The summed E-state index contributed by atoms with van der Waals surface area (Å²) in [6.45, 7) is 1.83. The maximum atomic E-state index is 12.1. The summed E-state index contributed by atoms with van der Waals surface area (Å²) < 4.78 is 27.5. The molecular weight excluding hydrogens is 362 g/mol. The Kier molecular flexibility index (Phi) is 4.24. The molecule has 2 rings (SSSR count). The highest BCUT2D eigenvalue weighted by Crippen LogP contribution is 2.22. The van der Waals surface area contributed by atoms with Crippen LogP contribution in [0.25, 0.3) is 0 Å². The maximum absolute atomic E-state index is 12.1. The molecule has 1 aromatic heterocycles. The Morgan fingerprint density at radius 1 is 1.29 bits per heavy atom. The first kappa shape index (κ1) is 15.4. The van der Waals surface area contributed by atoms with E-state index in [1.165, 1.54) is 0 Å². The molecule has 0 fully saturated rings. The molecule has 0 spiro atoms. The number of halogens is 1. The van der Waals surface area contributed by atoms with E-state index >= 15 is 0 Å². The molecule has 1 heterocycles. The molecule has 0 aliphatic carbocycles. The van der Waals surface area contributed by atoms with E-state index in [9.17, 15) is 18.5 Å². The third-order valence-corrected chi connectivity index (χ3v) is 4.88. The minimum Gasteiger partial charge on any atom is -0.358 e. The number of hydrogen-bond acceptors (Lipinski definition) is 5. The second-order valence-electron chi connectivity index (χ2n) is 4.18. The van der Waals surface area contributed by atoms with Crippen molar-refractivity contribution in [3.63, 3.8) is 0 Å². The number of aromatic nitrogens is 1. The van der Waals surface area contributed by atoms with Crippen molar-refractivity contribution in [1.29, 1.82) is 0 Å². The Bertz CT molecular complexity index is 791. The lowest BCUT2D eigenvalue weighted by molar-refractivity contribution is -0.389. The predicted molar refractivity (Wildman–Crippen MR) is 80.6 cm³/mol. The van der Waals surface area contributed by atoms with E-state index in [4.69, 9.17) is 0 Å². The number of hydrogen-bond donors (Lipinski definition) is 1. The largest absolute Gasteiger partial charge is 0.363 e. The molecule has 0 saturated heterocycles. The number of rotatable bonds is 4. The number of nitrogens with one attached hydrogen (secondary N) is 1. The van der Waals surface area contributed by atoms with Gasteiger partial charge < -0.3 is 10.1 Å². The van der Waals surface area contributed by atoms with Gasteiger partial charge in [0, 0.05) is 16.2 Å². The van der Waals surface area contributed by atoms with Crippen LogP contribution < -0.4 is 4.72 Å². The number of sulfonamides is 1. The van der Waals surface area contributed by atoms with Gasteiger partial charge in [-0.25, -0.2) is 8.42 Å². The van der Waals surface area contributed by atoms with E-state index in [1.54, 1.807) is 18.2 Å². The van der Waals surface area contributed by atoms with Crippen molar-refractivity contribution in [1.82, 2.24) is 4.98 Å². The topological polar surface area (TPSA) is 102 Å². The lowest BCUT2D eigenvalue weighted by atomic mass is 10.2. The summed E-state index contributed by atoms with van der Waals surface area (Å²) in [7, 11) is -3.84. The molecule has 21 heavy (non-hydrogen) atoms. The molecule has 1 aromatic carbocycles. The summed E-state index contributed by atoms with van der Waals surface area (Å²) in [6.07, 6.45) is 0.951. The van der Waals surface area contributed by atoms with Crippen LogP contribution in [0.2, 0.25) is 0 Å². The molecule has 0 amide bonds. The van der Waals surface area contributed by atoms with Gasteiger partial charge in [0.15, 0.2) is 6.20 Å². The fourth-order valence-corrected chi connectivity index (χ4v) is 2.80. The Balaban J connectivity index is 2.29. The third kappa shape index (κ3) is 3.56. The maximum Gasteiger partial charge on any atom is 0.363 e. The Morgan fingerprint density at radius 3 is 2.52 bits per heavy atom. The first-order chi connectivity index (χ1) is 9.79. The molecule has 110 valence electrons. The second kappa shape index (κ2) is 5.78. The van der Waals surface area contributed by atoms with Gasteiger partial charge in [-0.2, -0.15) is 0 Å². The zero-order valence-corrected chi connectivity index (χ0v) is 13.2. The van der Waals surface area contributed by atoms with Gasteiger partial charge in [-0.1, -0.05) is 15.9 Å². The molecular formula is C12H10BrN3O4S. The van der Waals surface area contributed by atoms with Crippen molar-refractivity contribution >= 4 is 37.5 Å². The molecule has 0 atom stereocenters. The fourth-order valence-electron chi connectivity index (χ4n) is 1.56. The average Bonchev–Trinajstić information content (AvgIpc) is 2.43. The summed E-state index contributed by atoms with van der Waals surface area (Å²) in [5.74, 6) is -0.409. The van der Waals surface area contributed by atoms with Crippen LogP contribution in [0.15, 0.2) is 45.9 Å². The highest BCUT2D eigenvalue weighted by Gasteiger charge is 2.18. The zero-order valence-electron chi connectivity index (χ0n) is 10.8. The number of nitrogens with zero attached hydrogens (tertiary/aromatic N) is 2. The highest BCUT2D eigenvalue weighted by molar-refractivity contribution is 9.10. The second-order valence-corrected chi connectivity index (χ2v) is 6.72. The summed E-state index contributed by atoms with van der Waals surface area (Å²) >= 11 is 3.32. The van der Waals surface area contributed by atoms with Crippen molar-refractivity contribution in [2.75, 3.05) is 4.72 Å². The minimum atomic E-state index is -3.84. The molecule has 0 saturated carbocycles. The van der Waals surface area contributed by atoms with E-state index in [-0.39, 0.29) is 4.90 Å². The lowest BCUT2D eigenvalue weighted by Crippen LogP contribution is -2.13. The molecule has 2 aromatic rings. The van der Waals surface area contributed by atoms with Crippen molar-refractivity contribution in [3.8, 4) is 0 Å². The molecule has 0 bridgehead atoms. The molecule has 7 nitrogen and oxygen atoms in total. The number of pyridine rings is 1. The number of benzene rings is 1. The van der Waals surface area contributed by atoms with Crippen LogP contribution in [0.4, 0.5) is 11.5 Å². The van der Waals surface area contributed by atoms with Crippen LogP contribution in [0.3, 0.4) is 0 Å². The number of anilines is 1. The van der Waals surface area contributed by atoms with Gasteiger partial charge in [0.2, 0.25) is 0 Å². The predicted octanol–water partition coefficient (Wildman–Crippen LogP) is 2.86. The van der Waals surface area contributed by atoms with Crippen molar-refractivity contribution < 1.29 is 13.3 Å². The van der Waals surface area contributed by atoms with Crippen LogP contribution in [0.5, 0.6) is 0 Å². The van der Waals surface area contributed by atoms with Crippen LogP contribution in [0, 0.1) is 17.0 Å². The average molecular weight is 372 g/mol. The fraction of sp³-hybridized carbons (Fsp3) is 0.0833. The summed E-state index contributed by atoms with van der Waals surface area (Å²) in [6, 6.07) is 7.18. The van der Waals surface area contributed by atoms with Crippen LogP contribution >= 0.6 is 15.9 Å². The normalized spacial score (nSPS) is 11.1. The molecule has 9 heteroatoms. The number of aryl methyl sites for hydroxylation is 1. The van der Waals surface area contributed by atoms with Crippen molar-refractivity contribution in [2.45, 2.75) is 11.8 Å². The molecule has 0 radical (unpaired) electrons. The summed E-state index contributed by atoms with van der Waals surface area (Å²) in [5.41, 5.74) is 1.27. The first-order valence-corrected chi connectivity index (χ1v) is 7.96. The quantitative estimate of drug-likeness (QED) is 0.657. The Hall–Kier alpha value is -2.00. The zero-order chi connectivity index (χ0) is 15.6. The van der Waals surface area contributed by atoms with Gasteiger partial charge in [0.05, 0.1) is 0 Å². The highest BCUT2D eigenvalue weighted by atomic mass is 79.9. The molecule has 0 aliphatic heterocycles. The summed E-state index contributed by atoms with van der Waals surface area (Å²) in [4.78, 5) is 13.2. The van der Waals surface area contributed by atoms with Crippen LogP contribution in [-0.2, 0) is 10.0 Å². The monoisotopic (exact) mass is 371 g/mol. The van der Waals surface area contributed by atoms with Gasteiger partial charge >= 0.3 is 5.82 Å². The Morgan fingerprint density at radius 2 is 2.00 bits per heavy atom. The van der Waals surface area contributed by atoms with Gasteiger partial charge in [-0.05, 0) is 46.7 Å². The third-order valence-electron chi connectivity index (χ3n) is 2.63. The first-order valence-electron chi connectivity index (χ1n) is 5.69. The molecule has 0 unspecified atom stereocenters. The summed E-state index contributed by atoms with van der Waals surface area (Å²) in [5, 5.41) is 10.5. The molecule has 0 aliphatic rings. The SMILES string of the molecule is Cc1cc(NS(=O)(=O)c2ccc([N+](=O)[O-])nc2)ccc1Br. The molecule has 1 N–H and O–H groups in total. The lowest BCUT2D eigenvalue weighted by Gasteiger charge is -2.08. The van der Waals surface area contributed by atoms with Gasteiger partial charge in [0.1, 0.15) is 4.90 Å². The van der Waals surface area contributed by atoms with E-state index in [2.05, 4.69) is 25.6 Å². The van der Waals surface area contributed by atoms with Crippen LogP contribution in [-0.4, -0.2) is 18.3 Å². The van der Waals surface area contributed by atoms with Gasteiger partial charge in [-0.15, -0.1) is 0 Å². The number of nitro groups is 1. The minimum absolute atomic E-state index is 0.145. The standard InChI is InChI=1S/C12H10BrN3O4S/c1-8-6-9(2-4-11(8)13)15-21(19,20)10-3-5-12(14-7-10)16(17)18/h2-7,15H,1H3. The van der Waals surface area contributed by atoms with Gasteiger partial charge in [-0.3, -0.25) is 4.72 Å². The van der Waals surface area contributed by atoms with E-state index < -0.39 is 20.8 Å². The Labute approximate surface area is 129 Å².